The summed E-state index contributed by atoms with van der Waals surface area (Å²) >= 11 is 0. The van der Waals surface area contributed by atoms with E-state index < -0.39 is 6.16 Å². The van der Waals surface area contributed by atoms with E-state index in [9.17, 15) is 4.79 Å². The third-order valence-electron chi connectivity index (χ3n) is 7.34. The molecule has 0 heterocycles. The van der Waals surface area contributed by atoms with E-state index in [1.54, 1.807) is 0 Å². The fourth-order valence-corrected chi connectivity index (χ4v) is 4.83. The van der Waals surface area contributed by atoms with Crippen LogP contribution in [0.2, 0.25) is 0 Å². The van der Waals surface area contributed by atoms with Gasteiger partial charge in [-0.1, -0.05) is 122 Å². The predicted molar refractivity (Wildman–Crippen MR) is 171 cm³/mol. The Morgan fingerprint density at radius 1 is 0.615 bits per heavy atom. The molecule has 1 atom stereocenters. The van der Waals surface area contributed by atoms with Crippen LogP contribution in [0.5, 0.6) is 0 Å². The predicted octanol–water partition coefficient (Wildman–Crippen LogP) is 11.2. The highest BCUT2D eigenvalue weighted by Crippen LogP contribution is 2.18. The van der Waals surface area contributed by atoms with Crippen molar-refractivity contribution in [2.45, 2.75) is 168 Å². The third kappa shape index (κ3) is 31.1. The summed E-state index contributed by atoms with van der Waals surface area (Å²) in [7, 11) is 4.06. The van der Waals surface area contributed by atoms with Gasteiger partial charge in [0.1, 0.15) is 6.10 Å². The molecule has 0 spiro atoms. The molecule has 39 heavy (non-hydrogen) atoms. The summed E-state index contributed by atoms with van der Waals surface area (Å²) in [6.45, 7) is 5.88. The molecule has 0 saturated carbocycles. The fourth-order valence-electron chi connectivity index (χ4n) is 4.83. The zero-order valence-corrected chi connectivity index (χ0v) is 26.7. The summed E-state index contributed by atoms with van der Waals surface area (Å²) in [5.74, 6) is 0. The summed E-state index contributed by atoms with van der Waals surface area (Å²) in [6.07, 6.45) is 37.1. The van der Waals surface area contributed by atoms with Crippen LogP contribution in [0.3, 0.4) is 0 Å². The van der Waals surface area contributed by atoms with Gasteiger partial charge in [-0.05, 0) is 78.3 Å². The van der Waals surface area contributed by atoms with E-state index in [-0.39, 0.29) is 6.10 Å². The number of unbranched alkanes of at least 4 members (excludes halogenated alkanes) is 16. The minimum atomic E-state index is -0.476. The highest BCUT2D eigenvalue weighted by molar-refractivity contribution is 5.60. The normalized spacial score (nSPS) is 12.6. The molecule has 4 heteroatoms. The molecule has 4 nitrogen and oxygen atoms in total. The molecule has 0 bridgehead atoms. The summed E-state index contributed by atoms with van der Waals surface area (Å²) in [6, 6.07) is 0. The van der Waals surface area contributed by atoms with Gasteiger partial charge in [-0.2, -0.15) is 0 Å². The molecule has 0 aromatic rings. The van der Waals surface area contributed by atoms with Gasteiger partial charge >= 0.3 is 6.16 Å². The van der Waals surface area contributed by atoms with Crippen LogP contribution in [0.25, 0.3) is 0 Å². The summed E-state index contributed by atoms with van der Waals surface area (Å²) in [5, 5.41) is 0. The molecule has 0 aromatic heterocycles. The zero-order chi connectivity index (χ0) is 28.7. The number of carbonyl (C=O) groups is 1. The molecule has 230 valence electrons. The van der Waals surface area contributed by atoms with Crippen LogP contribution in [-0.2, 0) is 9.47 Å². The number of hydrogen-bond donors (Lipinski definition) is 0. The molecule has 0 rings (SSSR count). The van der Waals surface area contributed by atoms with E-state index >= 15 is 0 Å². The van der Waals surface area contributed by atoms with Gasteiger partial charge in [-0.3, -0.25) is 0 Å². The van der Waals surface area contributed by atoms with E-state index in [1.165, 1.54) is 109 Å². The lowest BCUT2D eigenvalue weighted by atomic mass is 10.0. The topological polar surface area (TPSA) is 38.8 Å². The van der Waals surface area contributed by atoms with Gasteiger partial charge in [0.15, 0.2) is 0 Å². The van der Waals surface area contributed by atoms with Crippen molar-refractivity contribution in [1.82, 2.24) is 4.90 Å². The van der Waals surface area contributed by atoms with Crippen molar-refractivity contribution >= 4 is 6.16 Å². The van der Waals surface area contributed by atoms with Gasteiger partial charge in [-0.25, -0.2) is 4.79 Å². The molecule has 0 aliphatic carbocycles. The SMILES string of the molecule is CCCCCC/C=C\C/C=C\CCCCCCCC(CCCCCCCCCC)OC(=O)OCCCN(C)C. The Balaban J connectivity index is 4.00. The number of ether oxygens (including phenoxy) is 2. The first-order chi connectivity index (χ1) is 19.1. The molecule has 0 aliphatic rings. The number of hydrogen-bond acceptors (Lipinski definition) is 4. The lowest BCUT2D eigenvalue weighted by Gasteiger charge is -2.18. The monoisotopic (exact) mass is 550 g/mol. The average Bonchev–Trinajstić information content (AvgIpc) is 2.92. The number of rotatable bonds is 29. The van der Waals surface area contributed by atoms with Crippen molar-refractivity contribution < 1.29 is 14.3 Å². The molecule has 0 saturated heterocycles. The van der Waals surface area contributed by atoms with Crippen molar-refractivity contribution in [2.75, 3.05) is 27.2 Å². The molecular formula is C35H67NO3. The van der Waals surface area contributed by atoms with Crippen LogP contribution in [0.1, 0.15) is 162 Å². The molecule has 0 N–H and O–H groups in total. The van der Waals surface area contributed by atoms with Crippen LogP contribution in [0.15, 0.2) is 24.3 Å². The Kier molecular flexibility index (Phi) is 30.2. The number of carbonyl (C=O) groups excluding carboxylic acids is 1. The van der Waals surface area contributed by atoms with E-state index in [4.69, 9.17) is 9.47 Å². The highest BCUT2D eigenvalue weighted by atomic mass is 16.7. The summed E-state index contributed by atoms with van der Waals surface area (Å²) in [4.78, 5) is 14.3. The minimum absolute atomic E-state index is 0.00840. The van der Waals surface area contributed by atoms with Gasteiger partial charge in [-0.15, -0.1) is 0 Å². The smallest absolute Gasteiger partial charge is 0.434 e. The number of allylic oxidation sites excluding steroid dienone is 4. The van der Waals surface area contributed by atoms with E-state index in [0.29, 0.717) is 6.61 Å². The molecule has 1 unspecified atom stereocenters. The first-order valence-corrected chi connectivity index (χ1v) is 16.9. The summed E-state index contributed by atoms with van der Waals surface area (Å²) in [5.41, 5.74) is 0. The fraction of sp³-hybridized carbons (Fsp3) is 0.857. The number of nitrogens with zero attached hydrogens (tertiary/aromatic N) is 1. The second-order valence-corrected chi connectivity index (χ2v) is 11.6. The maximum atomic E-state index is 12.2. The second kappa shape index (κ2) is 31.2. The molecule has 0 amide bonds. The van der Waals surface area contributed by atoms with E-state index in [2.05, 4.69) is 43.1 Å². The zero-order valence-electron chi connectivity index (χ0n) is 26.7. The van der Waals surface area contributed by atoms with Crippen molar-refractivity contribution in [3.05, 3.63) is 24.3 Å². The van der Waals surface area contributed by atoms with Crippen LogP contribution >= 0.6 is 0 Å². The van der Waals surface area contributed by atoms with Crippen molar-refractivity contribution in [2.24, 2.45) is 0 Å². The first kappa shape index (κ1) is 37.7. The second-order valence-electron chi connectivity index (χ2n) is 11.6. The van der Waals surface area contributed by atoms with Crippen molar-refractivity contribution in [3.63, 3.8) is 0 Å². The Labute approximate surface area is 244 Å². The average molecular weight is 550 g/mol. The van der Waals surface area contributed by atoms with Crippen molar-refractivity contribution in [3.8, 4) is 0 Å². The minimum Gasteiger partial charge on any atom is -0.434 e. The molecular weight excluding hydrogens is 482 g/mol. The molecule has 0 radical (unpaired) electrons. The van der Waals surface area contributed by atoms with E-state index in [1.807, 2.05) is 14.1 Å². The molecule has 0 aliphatic heterocycles. The Morgan fingerprint density at radius 3 is 1.59 bits per heavy atom. The maximum Gasteiger partial charge on any atom is 0.508 e. The highest BCUT2D eigenvalue weighted by Gasteiger charge is 2.15. The summed E-state index contributed by atoms with van der Waals surface area (Å²) < 4.78 is 11.1. The van der Waals surface area contributed by atoms with Gasteiger partial charge in [0.05, 0.1) is 6.61 Å². The standard InChI is InChI=1S/C35H67NO3/c1-5-7-9-11-13-15-16-17-18-19-20-21-22-24-26-28-31-34(30-27-25-23-14-12-10-8-6-2)39-35(37)38-33-29-32-36(3)4/h15-16,18-19,34H,5-14,17,20-33H2,1-4H3/b16-15-,19-18-. The van der Waals surface area contributed by atoms with Crippen LogP contribution in [0, 0.1) is 0 Å². The molecule has 0 fully saturated rings. The van der Waals surface area contributed by atoms with Gasteiger partial charge in [0.25, 0.3) is 0 Å². The van der Waals surface area contributed by atoms with Gasteiger partial charge in [0, 0.05) is 6.54 Å². The van der Waals surface area contributed by atoms with Crippen LogP contribution in [0.4, 0.5) is 4.79 Å². The Hall–Kier alpha value is -1.29. The van der Waals surface area contributed by atoms with E-state index in [0.717, 1.165) is 45.1 Å². The lowest BCUT2D eigenvalue weighted by Crippen LogP contribution is -2.21. The maximum absolute atomic E-state index is 12.2. The lowest BCUT2D eigenvalue weighted by molar-refractivity contribution is 0.0150. The van der Waals surface area contributed by atoms with Crippen LogP contribution < -0.4 is 0 Å². The Morgan fingerprint density at radius 2 is 1.08 bits per heavy atom. The molecule has 0 aromatic carbocycles. The van der Waals surface area contributed by atoms with Gasteiger partial charge < -0.3 is 14.4 Å². The third-order valence-corrected chi connectivity index (χ3v) is 7.34. The first-order valence-electron chi connectivity index (χ1n) is 16.9. The van der Waals surface area contributed by atoms with Crippen molar-refractivity contribution in [1.29, 1.82) is 0 Å². The van der Waals surface area contributed by atoms with Gasteiger partial charge in [0.2, 0.25) is 0 Å². The Bertz CT molecular complexity index is 558. The van der Waals surface area contributed by atoms with Crippen LogP contribution in [-0.4, -0.2) is 44.4 Å². The largest absolute Gasteiger partial charge is 0.508 e. The quantitative estimate of drug-likeness (QED) is 0.0528.